The van der Waals surface area contributed by atoms with Gasteiger partial charge in [-0.3, -0.25) is 9.78 Å². The van der Waals surface area contributed by atoms with Crippen LogP contribution in [0.15, 0.2) is 67.0 Å². The number of imidazole rings is 1. The average molecular weight is 458 g/mol. The number of benzene rings is 2. The molecule has 172 valence electrons. The minimum Gasteiger partial charge on any atom is -0.465 e. The van der Waals surface area contributed by atoms with Crippen LogP contribution < -0.4 is 5.32 Å². The number of carbonyl (C=O) groups excluding carboxylic acids is 3. The highest BCUT2D eigenvalue weighted by Crippen LogP contribution is 2.22. The molecule has 0 fully saturated rings. The Balaban J connectivity index is 1.49. The Morgan fingerprint density at radius 1 is 1.06 bits per heavy atom. The Kier molecular flexibility index (Phi) is 6.63. The number of hydrogen-bond donors (Lipinski definition) is 2. The van der Waals surface area contributed by atoms with E-state index in [9.17, 15) is 14.4 Å². The van der Waals surface area contributed by atoms with E-state index >= 15 is 0 Å². The summed E-state index contributed by atoms with van der Waals surface area (Å²) in [7, 11) is 1.26. The number of anilines is 1. The highest BCUT2D eigenvalue weighted by molar-refractivity contribution is 6.03. The highest BCUT2D eigenvalue weighted by atomic mass is 16.5. The van der Waals surface area contributed by atoms with Crippen LogP contribution in [0.5, 0.6) is 0 Å². The van der Waals surface area contributed by atoms with Gasteiger partial charge in [-0.1, -0.05) is 19.1 Å². The van der Waals surface area contributed by atoms with E-state index in [0.717, 1.165) is 5.56 Å². The molecule has 4 aromatic rings. The van der Waals surface area contributed by atoms with E-state index in [2.05, 4.69) is 20.3 Å². The van der Waals surface area contributed by atoms with E-state index < -0.39 is 23.9 Å². The summed E-state index contributed by atoms with van der Waals surface area (Å²) < 4.78 is 10.2. The topological polar surface area (TPSA) is 123 Å². The molecule has 4 rings (SSSR count). The molecule has 0 saturated carbocycles. The van der Waals surface area contributed by atoms with Crippen LogP contribution in [-0.2, 0) is 14.3 Å². The van der Waals surface area contributed by atoms with Crippen LogP contribution in [0.25, 0.3) is 22.4 Å². The summed E-state index contributed by atoms with van der Waals surface area (Å²) in [4.78, 5) is 49.3. The van der Waals surface area contributed by atoms with Crippen LogP contribution in [0, 0.1) is 0 Å². The number of aromatic amines is 1. The zero-order chi connectivity index (χ0) is 24.1. The van der Waals surface area contributed by atoms with Crippen molar-refractivity contribution in [3.05, 3.63) is 78.1 Å². The molecule has 0 aliphatic rings. The third-order valence-corrected chi connectivity index (χ3v) is 5.16. The zero-order valence-electron chi connectivity index (χ0n) is 18.6. The Hall–Kier alpha value is -4.53. The Morgan fingerprint density at radius 2 is 1.88 bits per heavy atom. The summed E-state index contributed by atoms with van der Waals surface area (Å²) in [6, 6.07) is 15.1. The first-order chi connectivity index (χ1) is 16.5. The molecular weight excluding hydrogens is 436 g/mol. The maximum Gasteiger partial charge on any atom is 0.339 e. The van der Waals surface area contributed by atoms with Crippen molar-refractivity contribution in [1.29, 1.82) is 0 Å². The summed E-state index contributed by atoms with van der Waals surface area (Å²) in [5.74, 6) is -1.15. The lowest BCUT2D eigenvalue weighted by molar-refractivity contribution is -0.124. The fourth-order valence-corrected chi connectivity index (χ4v) is 3.39. The van der Waals surface area contributed by atoms with Gasteiger partial charge in [-0.25, -0.2) is 14.6 Å². The van der Waals surface area contributed by atoms with E-state index in [1.807, 2.05) is 12.1 Å². The van der Waals surface area contributed by atoms with Gasteiger partial charge < -0.3 is 19.8 Å². The van der Waals surface area contributed by atoms with Crippen LogP contribution in [-0.4, -0.2) is 46.0 Å². The van der Waals surface area contributed by atoms with Gasteiger partial charge in [0, 0.05) is 18.0 Å². The third-order valence-electron chi connectivity index (χ3n) is 5.16. The van der Waals surface area contributed by atoms with E-state index in [0.29, 0.717) is 16.9 Å². The lowest BCUT2D eigenvalue weighted by Gasteiger charge is -2.17. The number of esters is 2. The molecule has 2 aromatic heterocycles. The molecule has 2 heterocycles. The third kappa shape index (κ3) is 4.78. The van der Waals surface area contributed by atoms with Crippen molar-refractivity contribution in [2.45, 2.75) is 19.4 Å². The number of methoxy groups -OCH3 is 1. The molecule has 34 heavy (non-hydrogen) atoms. The van der Waals surface area contributed by atoms with Gasteiger partial charge in [-0.2, -0.15) is 0 Å². The number of nitrogens with zero attached hydrogens (tertiary/aromatic N) is 2. The minimum absolute atomic E-state index is 0.202. The van der Waals surface area contributed by atoms with Gasteiger partial charge in [0.1, 0.15) is 5.82 Å². The number of amides is 1. The van der Waals surface area contributed by atoms with E-state index in [4.69, 9.17) is 9.47 Å². The van der Waals surface area contributed by atoms with Crippen molar-refractivity contribution >= 4 is 34.6 Å². The van der Waals surface area contributed by atoms with E-state index in [1.165, 1.54) is 13.2 Å². The van der Waals surface area contributed by atoms with Crippen molar-refractivity contribution in [1.82, 2.24) is 15.0 Å². The van der Waals surface area contributed by atoms with Gasteiger partial charge in [0.05, 0.1) is 35.0 Å². The number of nitrogens with one attached hydrogen (secondary N) is 2. The molecule has 1 unspecified atom stereocenters. The number of carbonyl (C=O) groups is 3. The van der Waals surface area contributed by atoms with Crippen LogP contribution in [0.1, 0.15) is 34.1 Å². The molecule has 0 saturated heterocycles. The smallest absolute Gasteiger partial charge is 0.339 e. The second-order valence-electron chi connectivity index (χ2n) is 7.39. The SMILES string of the molecule is CCC(OC(=O)c1ccc2nc(-c3cccnc3)[nH]c2c1)C(=O)Nc1ccccc1C(=O)OC. The summed E-state index contributed by atoms with van der Waals surface area (Å²) in [6.07, 6.45) is 2.56. The fraction of sp³-hybridized carbons (Fsp3) is 0.160. The van der Waals surface area contributed by atoms with Gasteiger partial charge in [0.25, 0.3) is 5.91 Å². The second kappa shape index (κ2) is 9.95. The van der Waals surface area contributed by atoms with Gasteiger partial charge in [-0.05, 0) is 48.9 Å². The molecule has 0 bridgehead atoms. The lowest BCUT2D eigenvalue weighted by Crippen LogP contribution is -2.32. The number of H-pyrrole nitrogens is 1. The molecular formula is C25H22N4O5. The standard InChI is InChI=1S/C25H22N4O5/c1-3-21(23(30)29-18-9-5-4-8-17(18)25(32)33-2)34-24(31)15-10-11-19-20(13-15)28-22(27-19)16-7-6-12-26-14-16/h4-14,21H,3H2,1-2H3,(H,27,28)(H,29,30). The predicted molar refractivity (Wildman–Crippen MR) is 125 cm³/mol. The van der Waals surface area contributed by atoms with Gasteiger partial charge in [-0.15, -0.1) is 0 Å². The number of ether oxygens (including phenoxy) is 2. The molecule has 1 atom stereocenters. The summed E-state index contributed by atoms with van der Waals surface area (Å²) >= 11 is 0. The molecule has 1 amide bonds. The number of para-hydroxylation sites is 1. The maximum absolute atomic E-state index is 12.8. The van der Waals surface area contributed by atoms with Crippen LogP contribution >= 0.6 is 0 Å². The number of pyridine rings is 1. The Morgan fingerprint density at radius 3 is 2.62 bits per heavy atom. The first-order valence-electron chi connectivity index (χ1n) is 10.6. The molecule has 2 N–H and O–H groups in total. The predicted octanol–water partition coefficient (Wildman–Crippen LogP) is 3.99. The number of aromatic nitrogens is 3. The average Bonchev–Trinajstić information content (AvgIpc) is 3.31. The summed E-state index contributed by atoms with van der Waals surface area (Å²) in [6.45, 7) is 1.72. The van der Waals surface area contributed by atoms with Crippen molar-refractivity contribution in [3.8, 4) is 11.4 Å². The van der Waals surface area contributed by atoms with Crippen LogP contribution in [0.2, 0.25) is 0 Å². The van der Waals surface area contributed by atoms with Crippen molar-refractivity contribution in [2.75, 3.05) is 12.4 Å². The van der Waals surface area contributed by atoms with Gasteiger partial charge in [0.15, 0.2) is 6.10 Å². The molecule has 0 aliphatic carbocycles. The largest absolute Gasteiger partial charge is 0.465 e. The number of hydrogen-bond acceptors (Lipinski definition) is 7. The van der Waals surface area contributed by atoms with E-state index in [1.54, 1.807) is 55.7 Å². The molecule has 0 spiro atoms. The molecule has 0 radical (unpaired) electrons. The first-order valence-corrected chi connectivity index (χ1v) is 10.6. The zero-order valence-corrected chi connectivity index (χ0v) is 18.6. The van der Waals surface area contributed by atoms with Crippen molar-refractivity contribution in [3.63, 3.8) is 0 Å². The fourth-order valence-electron chi connectivity index (χ4n) is 3.39. The molecule has 9 heteroatoms. The minimum atomic E-state index is -1.05. The van der Waals surface area contributed by atoms with Gasteiger partial charge >= 0.3 is 11.9 Å². The lowest BCUT2D eigenvalue weighted by atomic mass is 10.1. The molecule has 2 aromatic carbocycles. The monoisotopic (exact) mass is 458 g/mol. The Labute approximate surface area is 195 Å². The first kappa shape index (κ1) is 22.7. The van der Waals surface area contributed by atoms with Crippen LogP contribution in [0.3, 0.4) is 0 Å². The maximum atomic E-state index is 12.8. The normalized spacial score (nSPS) is 11.6. The molecule has 9 nitrogen and oxygen atoms in total. The highest BCUT2D eigenvalue weighted by Gasteiger charge is 2.24. The quantitative estimate of drug-likeness (QED) is 0.402. The van der Waals surface area contributed by atoms with Crippen molar-refractivity contribution < 1.29 is 23.9 Å². The van der Waals surface area contributed by atoms with Crippen molar-refractivity contribution in [2.24, 2.45) is 0 Å². The number of rotatable bonds is 7. The van der Waals surface area contributed by atoms with E-state index in [-0.39, 0.29) is 23.2 Å². The summed E-state index contributed by atoms with van der Waals surface area (Å²) in [5.41, 5.74) is 2.90. The molecule has 0 aliphatic heterocycles. The van der Waals surface area contributed by atoms with Crippen LogP contribution in [0.4, 0.5) is 5.69 Å². The Bertz CT molecular complexity index is 1350. The second-order valence-corrected chi connectivity index (χ2v) is 7.39. The number of fused-ring (bicyclic) bond motifs is 1. The van der Waals surface area contributed by atoms with Gasteiger partial charge in [0.2, 0.25) is 0 Å². The summed E-state index contributed by atoms with van der Waals surface area (Å²) in [5, 5.41) is 2.65.